The van der Waals surface area contributed by atoms with Gasteiger partial charge in [0, 0.05) is 85.7 Å². The van der Waals surface area contributed by atoms with Crippen molar-refractivity contribution in [2.45, 2.75) is 77.7 Å². The Kier molecular flexibility index (Phi) is 8.49. The number of imide groups is 1. The van der Waals surface area contributed by atoms with E-state index in [4.69, 9.17) is 10.1 Å². The van der Waals surface area contributed by atoms with Gasteiger partial charge in [0.15, 0.2) is 0 Å². The Hall–Kier alpha value is -4.51. The summed E-state index contributed by atoms with van der Waals surface area (Å²) in [5.41, 5.74) is 7.46. The molecule has 2 atom stereocenters. The van der Waals surface area contributed by atoms with E-state index in [9.17, 15) is 14.4 Å². The number of carbonyl (C=O) groups is 3. The van der Waals surface area contributed by atoms with Crippen molar-refractivity contribution in [3.8, 4) is 11.4 Å². The summed E-state index contributed by atoms with van der Waals surface area (Å²) >= 11 is 0. The fourth-order valence-corrected chi connectivity index (χ4v) is 8.57. The van der Waals surface area contributed by atoms with Crippen LogP contribution in [0.15, 0.2) is 42.6 Å². The average molecular weight is 677 g/mol. The third-order valence-corrected chi connectivity index (χ3v) is 11.7. The second-order valence-electron chi connectivity index (χ2n) is 15.8. The minimum Gasteiger partial charge on any atom is -0.354 e. The van der Waals surface area contributed by atoms with Gasteiger partial charge in [0.2, 0.25) is 11.8 Å². The first-order chi connectivity index (χ1) is 24.1. The number of piperidine rings is 2. The highest BCUT2D eigenvalue weighted by Crippen LogP contribution is 2.38. The molecule has 11 nitrogen and oxygen atoms in total. The van der Waals surface area contributed by atoms with E-state index >= 15 is 0 Å². The lowest BCUT2D eigenvalue weighted by atomic mass is 9.76. The van der Waals surface area contributed by atoms with Crippen LogP contribution in [0.5, 0.6) is 0 Å². The van der Waals surface area contributed by atoms with Crippen LogP contribution in [0.1, 0.15) is 86.0 Å². The normalized spacial score (nSPS) is 23.3. The largest absolute Gasteiger partial charge is 0.354 e. The van der Waals surface area contributed by atoms with Gasteiger partial charge < -0.3 is 14.8 Å². The molecule has 3 fully saturated rings. The summed E-state index contributed by atoms with van der Waals surface area (Å²) in [7, 11) is 0. The Morgan fingerprint density at radius 3 is 2.60 bits per heavy atom. The van der Waals surface area contributed by atoms with Gasteiger partial charge in [-0.2, -0.15) is 5.10 Å². The molecule has 1 aromatic carbocycles. The Morgan fingerprint density at radius 1 is 1.00 bits per heavy atom. The van der Waals surface area contributed by atoms with Gasteiger partial charge in [-0.15, -0.1) is 0 Å². The summed E-state index contributed by atoms with van der Waals surface area (Å²) in [6.07, 6.45) is 7.92. The lowest BCUT2D eigenvalue weighted by Crippen LogP contribution is -2.54. The molecule has 262 valence electrons. The molecule has 4 aromatic rings. The van der Waals surface area contributed by atoms with Gasteiger partial charge in [0.1, 0.15) is 11.5 Å². The maximum absolute atomic E-state index is 13.6. The van der Waals surface area contributed by atoms with E-state index in [1.807, 2.05) is 29.2 Å². The minimum absolute atomic E-state index is 0.110. The van der Waals surface area contributed by atoms with Gasteiger partial charge in [-0.25, -0.2) is 4.98 Å². The van der Waals surface area contributed by atoms with Crippen LogP contribution >= 0.6 is 0 Å². The number of anilines is 1. The zero-order valence-corrected chi connectivity index (χ0v) is 29.4. The number of fused-ring (bicyclic) bond motifs is 2. The van der Waals surface area contributed by atoms with Crippen LogP contribution in [0.2, 0.25) is 0 Å². The standard InChI is InChI=1S/C39H48N8O3/c1-24-22-47(34-8-6-28(21-40-34)29-7-9-35(48)42-37(29)49)17-16-46(24)23-25-11-14-45(15-12-25)38(50)27-5-4-26-18-32(41-31(26)19-27)36-30-10-13-39(2,3)20-33(30)43-44-36/h4-6,8,18-19,21,24-25,29,41H,7,9-17,20,22-23H2,1-3H3,(H,43,44)(H,42,48,49)/t24-,29?/m0/s1. The third-order valence-electron chi connectivity index (χ3n) is 11.7. The molecule has 4 aliphatic rings. The number of carbonyl (C=O) groups excluding carboxylic acids is 3. The number of nitrogens with zero attached hydrogens (tertiary/aromatic N) is 5. The highest BCUT2D eigenvalue weighted by atomic mass is 16.2. The van der Waals surface area contributed by atoms with Crippen LogP contribution < -0.4 is 10.2 Å². The van der Waals surface area contributed by atoms with Crippen molar-refractivity contribution in [1.29, 1.82) is 0 Å². The summed E-state index contributed by atoms with van der Waals surface area (Å²) in [6.45, 7) is 12.3. The predicted octanol–water partition coefficient (Wildman–Crippen LogP) is 5.05. The Balaban J connectivity index is 0.835. The predicted molar refractivity (Wildman–Crippen MR) is 193 cm³/mol. The van der Waals surface area contributed by atoms with Crippen LogP contribution in [-0.4, -0.2) is 93.0 Å². The van der Waals surface area contributed by atoms with E-state index in [0.29, 0.717) is 30.2 Å². The highest BCUT2D eigenvalue weighted by molar-refractivity contribution is 6.01. The smallest absolute Gasteiger partial charge is 0.253 e. The second-order valence-corrected chi connectivity index (χ2v) is 15.8. The lowest BCUT2D eigenvalue weighted by Gasteiger charge is -2.43. The number of piperazine rings is 1. The van der Waals surface area contributed by atoms with Crippen molar-refractivity contribution in [3.05, 3.63) is 65.0 Å². The van der Waals surface area contributed by atoms with Crippen LogP contribution in [0.25, 0.3) is 22.3 Å². The molecule has 3 N–H and O–H groups in total. The molecule has 0 bridgehead atoms. The van der Waals surface area contributed by atoms with Gasteiger partial charge in [-0.1, -0.05) is 26.0 Å². The Morgan fingerprint density at radius 2 is 1.84 bits per heavy atom. The maximum atomic E-state index is 13.6. The number of likely N-dealkylation sites (tertiary alicyclic amines) is 1. The number of rotatable bonds is 6. The number of aromatic nitrogens is 4. The summed E-state index contributed by atoms with van der Waals surface area (Å²) < 4.78 is 0. The molecule has 11 heteroatoms. The van der Waals surface area contributed by atoms with Crippen molar-refractivity contribution in [2.24, 2.45) is 11.3 Å². The van der Waals surface area contributed by atoms with Gasteiger partial charge in [-0.3, -0.25) is 29.7 Å². The van der Waals surface area contributed by atoms with Gasteiger partial charge in [0.25, 0.3) is 5.91 Å². The maximum Gasteiger partial charge on any atom is 0.253 e. The van der Waals surface area contributed by atoms with Crippen molar-refractivity contribution in [1.82, 2.24) is 35.3 Å². The molecule has 3 aliphatic heterocycles. The van der Waals surface area contributed by atoms with Crippen molar-refractivity contribution in [3.63, 3.8) is 0 Å². The Labute approximate surface area is 293 Å². The summed E-state index contributed by atoms with van der Waals surface area (Å²) in [5, 5.41) is 11.5. The Bertz CT molecular complexity index is 1920. The molecule has 0 radical (unpaired) electrons. The molecule has 0 saturated carbocycles. The number of aromatic amines is 2. The summed E-state index contributed by atoms with van der Waals surface area (Å²) in [4.78, 5) is 52.6. The number of nitrogens with one attached hydrogen (secondary N) is 3. The van der Waals surface area contributed by atoms with Crippen molar-refractivity contribution < 1.29 is 14.4 Å². The zero-order chi connectivity index (χ0) is 34.6. The first-order valence-corrected chi connectivity index (χ1v) is 18.4. The van der Waals surface area contributed by atoms with Crippen LogP contribution in [0.3, 0.4) is 0 Å². The topological polar surface area (TPSA) is 130 Å². The van der Waals surface area contributed by atoms with Crippen LogP contribution in [0, 0.1) is 11.3 Å². The molecule has 8 rings (SSSR count). The third kappa shape index (κ3) is 6.43. The lowest BCUT2D eigenvalue weighted by molar-refractivity contribution is -0.134. The quantitative estimate of drug-likeness (QED) is 0.244. The first-order valence-electron chi connectivity index (χ1n) is 18.4. The van der Waals surface area contributed by atoms with E-state index in [1.165, 1.54) is 11.3 Å². The van der Waals surface area contributed by atoms with E-state index in [1.54, 1.807) is 6.20 Å². The molecule has 3 aromatic heterocycles. The van der Waals surface area contributed by atoms with Gasteiger partial charge >= 0.3 is 0 Å². The minimum atomic E-state index is -0.311. The van der Waals surface area contributed by atoms with Gasteiger partial charge in [0.05, 0.1) is 11.6 Å². The monoisotopic (exact) mass is 676 g/mol. The van der Waals surface area contributed by atoms with Crippen LogP contribution in [0.4, 0.5) is 5.82 Å². The van der Waals surface area contributed by atoms with E-state index in [2.05, 4.69) is 58.1 Å². The average Bonchev–Trinajstić information content (AvgIpc) is 3.72. The number of hydrogen-bond acceptors (Lipinski definition) is 7. The zero-order valence-electron chi connectivity index (χ0n) is 29.4. The molecule has 50 heavy (non-hydrogen) atoms. The molecular formula is C39H48N8O3. The number of pyridine rings is 1. The molecule has 6 heterocycles. The van der Waals surface area contributed by atoms with Crippen LogP contribution in [-0.2, 0) is 22.4 Å². The van der Waals surface area contributed by atoms with Crippen molar-refractivity contribution >= 4 is 34.4 Å². The van der Waals surface area contributed by atoms with Gasteiger partial charge in [-0.05, 0) is 86.6 Å². The number of hydrogen-bond donors (Lipinski definition) is 3. The number of amides is 3. The first kappa shape index (κ1) is 32.7. The SMILES string of the molecule is C[C@H]1CN(c2ccc(C3CCC(=O)NC3=O)cn2)CCN1CC1CCN(C(=O)c2ccc3cc(-c4n[nH]c5c4CCC(C)(C)C5)[nH]c3c2)CC1. The van der Waals surface area contributed by atoms with Crippen molar-refractivity contribution in [2.75, 3.05) is 44.2 Å². The number of H-pyrrole nitrogens is 2. The van der Waals surface area contributed by atoms with E-state index < -0.39 is 0 Å². The summed E-state index contributed by atoms with van der Waals surface area (Å²) in [6, 6.07) is 12.6. The molecular weight excluding hydrogens is 628 g/mol. The summed E-state index contributed by atoms with van der Waals surface area (Å²) in [5.74, 6) is 0.867. The second kappa shape index (κ2) is 13.0. The van der Waals surface area contributed by atoms with E-state index in [-0.39, 0.29) is 23.6 Å². The fourth-order valence-electron chi connectivity index (χ4n) is 8.57. The molecule has 3 amide bonds. The molecule has 3 saturated heterocycles. The molecule has 1 aliphatic carbocycles. The fraction of sp³-hybridized carbons (Fsp3) is 0.513. The molecule has 0 spiro atoms. The molecule has 1 unspecified atom stereocenters. The number of benzene rings is 1. The highest BCUT2D eigenvalue weighted by Gasteiger charge is 2.32. The van der Waals surface area contributed by atoms with E-state index in [0.717, 1.165) is 111 Å².